The third-order valence-electron chi connectivity index (χ3n) is 6.34. The summed E-state index contributed by atoms with van der Waals surface area (Å²) in [4.78, 5) is 0. The van der Waals surface area contributed by atoms with Crippen molar-refractivity contribution >= 4 is 12.2 Å². The van der Waals surface area contributed by atoms with Crippen molar-refractivity contribution in [3.8, 4) is 0 Å². The van der Waals surface area contributed by atoms with Gasteiger partial charge in [-0.15, -0.1) is 0 Å². The zero-order chi connectivity index (χ0) is 15.6. The predicted octanol–water partition coefficient (Wildman–Crippen LogP) is 0.315. The molecule has 2 aromatic rings. The maximum absolute atomic E-state index is 2.58. The van der Waals surface area contributed by atoms with Crippen LogP contribution >= 0.6 is 0 Å². The molecule has 5 rings (SSSR count). The Morgan fingerprint density at radius 2 is 1.08 bits per heavy atom. The summed E-state index contributed by atoms with van der Waals surface area (Å²) in [6, 6.07) is 18.1. The monoisotopic (exact) mass is 446 g/mol. The van der Waals surface area contributed by atoms with E-state index < -0.39 is 20.3 Å². The smallest absolute Gasteiger partial charge is 1.00 e. The van der Waals surface area contributed by atoms with Crippen molar-refractivity contribution in [2.45, 2.75) is 33.9 Å². The molecule has 0 saturated carbocycles. The van der Waals surface area contributed by atoms with E-state index in [1.807, 2.05) is 6.56 Å². The molecule has 0 aromatic heterocycles. The third-order valence-corrected chi connectivity index (χ3v) is 18.3. The number of allylic oxidation sites excluding steroid dienone is 2. The maximum Gasteiger partial charge on any atom is -1.00 e. The van der Waals surface area contributed by atoms with Crippen molar-refractivity contribution in [3.05, 3.63) is 77.3 Å². The molecule has 0 amide bonds. The van der Waals surface area contributed by atoms with E-state index in [9.17, 15) is 0 Å². The normalized spacial score (nSPS) is 23.0. The third kappa shape index (κ3) is 2.75. The Morgan fingerprint density at radius 3 is 1.44 bits per heavy atom. The standard InChI is InChI=1S/2C10H9.C2H4.2ClH.Zr/c2*1-8-6-7-9-4-2-3-5-10(8)9;1-2;;;/h2*2-5,7-8H,1H3;1-2H2;2*1H;/q;;;;;+2/p-2. The van der Waals surface area contributed by atoms with Gasteiger partial charge in [0.2, 0.25) is 0 Å². The minimum Gasteiger partial charge on any atom is -1.00 e. The molecule has 0 radical (unpaired) electrons. The van der Waals surface area contributed by atoms with Crippen LogP contribution in [0.4, 0.5) is 0 Å². The fourth-order valence-corrected chi connectivity index (χ4v) is 19.8. The van der Waals surface area contributed by atoms with Crippen LogP contribution in [0, 0.1) is 0 Å². The molecule has 2 unspecified atom stereocenters. The summed E-state index contributed by atoms with van der Waals surface area (Å²) in [5.74, 6) is 1.31. The average molecular weight is 449 g/mol. The van der Waals surface area contributed by atoms with Crippen LogP contribution < -0.4 is 24.8 Å². The van der Waals surface area contributed by atoms with Crippen molar-refractivity contribution < 1.29 is 45.1 Å². The molecule has 0 bridgehead atoms. The number of hydrogen-bond acceptors (Lipinski definition) is 0. The number of benzene rings is 2. The van der Waals surface area contributed by atoms with Gasteiger partial charge in [-0.3, -0.25) is 0 Å². The van der Waals surface area contributed by atoms with Crippen molar-refractivity contribution in [2.75, 3.05) is 0 Å². The van der Waals surface area contributed by atoms with Gasteiger partial charge in [0.1, 0.15) is 0 Å². The summed E-state index contributed by atoms with van der Waals surface area (Å²) in [6.45, 7) is 4.89. The Morgan fingerprint density at radius 1 is 0.680 bits per heavy atom. The van der Waals surface area contributed by atoms with Gasteiger partial charge in [0.15, 0.2) is 0 Å². The molecule has 1 saturated heterocycles. The first-order valence-corrected chi connectivity index (χ1v) is 14.8. The van der Waals surface area contributed by atoms with E-state index in [-0.39, 0.29) is 24.8 Å². The van der Waals surface area contributed by atoms with Gasteiger partial charge >= 0.3 is 144 Å². The summed E-state index contributed by atoms with van der Waals surface area (Å²) in [5.41, 5.74) is 6.10. The Bertz CT molecular complexity index is 808. The minimum absolute atomic E-state index is 0. The van der Waals surface area contributed by atoms with E-state index in [1.165, 1.54) is 19.4 Å². The van der Waals surface area contributed by atoms with Crippen LogP contribution in [0.2, 0.25) is 8.26 Å². The van der Waals surface area contributed by atoms with Crippen molar-refractivity contribution in [1.29, 1.82) is 0 Å². The Hall–Kier alpha value is -0.617. The van der Waals surface area contributed by atoms with Crippen LogP contribution in [0.5, 0.6) is 0 Å². The maximum atomic E-state index is 2.58. The second kappa shape index (κ2) is 6.84. The van der Waals surface area contributed by atoms with E-state index in [0.717, 1.165) is 0 Å². The van der Waals surface area contributed by atoms with Gasteiger partial charge in [0, 0.05) is 0 Å². The van der Waals surface area contributed by atoms with Gasteiger partial charge in [-0.25, -0.2) is 0 Å². The van der Waals surface area contributed by atoms with Gasteiger partial charge in [0.25, 0.3) is 0 Å². The largest absolute Gasteiger partial charge is 1.00 e. The van der Waals surface area contributed by atoms with Crippen molar-refractivity contribution in [2.24, 2.45) is 0 Å². The van der Waals surface area contributed by atoms with Crippen molar-refractivity contribution in [3.63, 3.8) is 0 Å². The van der Waals surface area contributed by atoms with Gasteiger partial charge in [-0.1, -0.05) is 0 Å². The molecule has 128 valence electrons. The quantitative estimate of drug-likeness (QED) is 0.621. The predicted molar refractivity (Wildman–Crippen MR) is 95.3 cm³/mol. The number of halogens is 2. The minimum atomic E-state index is -2.27. The molecule has 25 heavy (non-hydrogen) atoms. The van der Waals surface area contributed by atoms with Crippen molar-refractivity contribution in [1.82, 2.24) is 0 Å². The van der Waals surface area contributed by atoms with E-state index in [1.54, 1.807) is 11.1 Å². The molecule has 2 atom stereocenters. The second-order valence-corrected chi connectivity index (χ2v) is 18.1. The molecule has 0 nitrogen and oxygen atoms in total. The zero-order valence-electron chi connectivity index (χ0n) is 14.6. The topological polar surface area (TPSA) is 0 Å². The van der Waals surface area contributed by atoms with E-state index in [4.69, 9.17) is 0 Å². The summed E-state index contributed by atoms with van der Waals surface area (Å²) in [6.07, 6.45) is 5.17. The van der Waals surface area contributed by atoms with Crippen LogP contribution in [-0.4, -0.2) is 0 Å². The Balaban J connectivity index is 0.000000911. The molecule has 2 aliphatic carbocycles. The molecule has 1 fully saturated rings. The first kappa shape index (κ1) is 19.2. The molecule has 0 spiro atoms. The van der Waals surface area contributed by atoms with Gasteiger partial charge in [0.05, 0.1) is 0 Å². The molecule has 1 heterocycles. The molecular weight excluding hydrogens is 426 g/mol. The summed E-state index contributed by atoms with van der Waals surface area (Å²) in [5, 5.41) is 0. The molecular formula is C22H22Cl2Zr. The number of fused-ring (bicyclic) bond motifs is 2. The van der Waals surface area contributed by atoms with Crippen LogP contribution in [0.25, 0.3) is 12.2 Å². The second-order valence-electron chi connectivity index (χ2n) is 7.48. The van der Waals surface area contributed by atoms with Crippen LogP contribution in [0.1, 0.15) is 47.9 Å². The molecule has 3 aliphatic rings. The fourth-order valence-electron chi connectivity index (χ4n) is 4.97. The Kier molecular flexibility index (Phi) is 5.24. The summed E-state index contributed by atoms with van der Waals surface area (Å²) < 4.78 is 6.80. The van der Waals surface area contributed by atoms with E-state index in [2.05, 4.69) is 74.5 Å². The van der Waals surface area contributed by atoms with Gasteiger partial charge in [-0.05, 0) is 0 Å². The van der Waals surface area contributed by atoms with E-state index in [0.29, 0.717) is 11.8 Å². The van der Waals surface area contributed by atoms with Crippen LogP contribution in [0.3, 0.4) is 0 Å². The number of rotatable bonds is 2. The van der Waals surface area contributed by atoms with Crippen LogP contribution in [0.15, 0.2) is 55.1 Å². The van der Waals surface area contributed by atoms with E-state index >= 15 is 0 Å². The molecule has 1 aliphatic heterocycles. The average Bonchev–Trinajstić information content (AvgIpc) is 3.22. The van der Waals surface area contributed by atoms with Gasteiger partial charge in [-0.2, -0.15) is 0 Å². The SMILES string of the molecule is CC1[C]([Zr+2]2([C]3=Cc4ccccc4C3C)[CH2][CH2]2)=Cc2ccccc21.[Cl-].[Cl-]. The summed E-state index contributed by atoms with van der Waals surface area (Å²) >= 11 is -2.27. The Labute approximate surface area is 167 Å². The first-order chi connectivity index (χ1) is 11.2. The van der Waals surface area contributed by atoms with Gasteiger partial charge < -0.3 is 24.8 Å². The molecule has 2 aromatic carbocycles. The number of hydrogen-bond donors (Lipinski definition) is 0. The van der Waals surface area contributed by atoms with Crippen LogP contribution in [-0.2, 0) is 20.3 Å². The fraction of sp³-hybridized carbons (Fsp3) is 0.273. The molecule has 3 heteroatoms. The zero-order valence-corrected chi connectivity index (χ0v) is 18.6. The first-order valence-electron chi connectivity index (χ1n) is 8.83. The summed E-state index contributed by atoms with van der Waals surface area (Å²) in [7, 11) is 0. The molecule has 0 N–H and O–H groups in total.